The Bertz CT molecular complexity index is 864. The van der Waals surface area contributed by atoms with Crippen LogP contribution in [0.3, 0.4) is 0 Å². The summed E-state index contributed by atoms with van der Waals surface area (Å²) in [5.74, 6) is -0.740. The molecule has 0 bridgehead atoms. The maximum absolute atomic E-state index is 13.1. The van der Waals surface area contributed by atoms with Gasteiger partial charge >= 0.3 is 0 Å². The molecule has 24 heavy (non-hydrogen) atoms. The van der Waals surface area contributed by atoms with Gasteiger partial charge in [0.1, 0.15) is 5.82 Å². The molecule has 0 atom stereocenters. The van der Waals surface area contributed by atoms with Crippen molar-refractivity contribution in [1.82, 2.24) is 14.7 Å². The summed E-state index contributed by atoms with van der Waals surface area (Å²) >= 11 is 5.95. The Labute approximate surface area is 144 Å². The first-order valence-corrected chi connectivity index (χ1v) is 7.72. The predicted octanol–water partition coefficient (Wildman–Crippen LogP) is 3.94. The van der Waals surface area contributed by atoms with Crippen LogP contribution in [0.25, 0.3) is 5.69 Å². The molecular formula is C18H15ClFN3O. The summed E-state index contributed by atoms with van der Waals surface area (Å²) in [7, 11) is 1.67. The molecule has 3 aromatic rings. The Balaban J connectivity index is 1.74. The van der Waals surface area contributed by atoms with Crippen molar-refractivity contribution in [2.75, 3.05) is 7.05 Å². The van der Waals surface area contributed by atoms with Crippen LogP contribution < -0.4 is 0 Å². The second kappa shape index (κ2) is 6.84. The van der Waals surface area contributed by atoms with E-state index in [1.807, 2.05) is 36.5 Å². The van der Waals surface area contributed by atoms with Crippen molar-refractivity contribution in [2.45, 2.75) is 6.54 Å². The highest BCUT2D eigenvalue weighted by atomic mass is 35.5. The monoisotopic (exact) mass is 343 g/mol. The molecule has 1 aromatic heterocycles. The lowest BCUT2D eigenvalue weighted by atomic mass is 10.2. The van der Waals surface area contributed by atoms with Crippen LogP contribution in [-0.4, -0.2) is 27.6 Å². The van der Waals surface area contributed by atoms with Gasteiger partial charge in [-0.3, -0.25) is 4.79 Å². The zero-order valence-electron chi connectivity index (χ0n) is 13.0. The summed E-state index contributed by atoms with van der Waals surface area (Å²) in [6.45, 7) is 0.374. The van der Waals surface area contributed by atoms with E-state index in [4.69, 9.17) is 11.6 Å². The Morgan fingerprint density at radius 3 is 2.71 bits per heavy atom. The van der Waals surface area contributed by atoms with Crippen LogP contribution in [-0.2, 0) is 6.54 Å². The van der Waals surface area contributed by atoms with E-state index < -0.39 is 5.82 Å². The molecule has 0 unspecified atom stereocenters. The second-order valence-electron chi connectivity index (χ2n) is 5.41. The summed E-state index contributed by atoms with van der Waals surface area (Å²) < 4.78 is 14.9. The molecule has 3 rings (SSSR count). The summed E-state index contributed by atoms with van der Waals surface area (Å²) in [6, 6.07) is 13.5. The largest absolute Gasteiger partial charge is 0.337 e. The summed E-state index contributed by atoms with van der Waals surface area (Å²) in [5, 5.41) is 4.41. The molecule has 0 radical (unpaired) electrons. The standard InChI is InChI=1S/C18H15ClFN3O/c1-22(18(24)16-8-7-14(20)9-17(16)19)11-13-10-21-23(12-13)15-5-3-2-4-6-15/h2-10,12H,11H2,1H3. The van der Waals surface area contributed by atoms with E-state index in [0.29, 0.717) is 6.54 Å². The number of carbonyl (C=O) groups is 1. The predicted molar refractivity (Wildman–Crippen MR) is 90.8 cm³/mol. The van der Waals surface area contributed by atoms with Gasteiger partial charge in [0.15, 0.2) is 0 Å². The molecular weight excluding hydrogens is 329 g/mol. The average molecular weight is 344 g/mol. The lowest BCUT2D eigenvalue weighted by Crippen LogP contribution is -2.26. The molecule has 1 heterocycles. The van der Waals surface area contributed by atoms with Crippen molar-refractivity contribution in [3.63, 3.8) is 0 Å². The Morgan fingerprint density at radius 2 is 2.00 bits per heavy atom. The van der Waals surface area contributed by atoms with Crippen molar-refractivity contribution in [2.24, 2.45) is 0 Å². The van der Waals surface area contributed by atoms with Gasteiger partial charge in [-0.2, -0.15) is 5.10 Å². The molecule has 6 heteroatoms. The maximum Gasteiger partial charge on any atom is 0.255 e. The first-order valence-electron chi connectivity index (χ1n) is 7.34. The Morgan fingerprint density at radius 1 is 1.25 bits per heavy atom. The van der Waals surface area contributed by atoms with Gasteiger partial charge in [-0.05, 0) is 30.3 Å². The smallest absolute Gasteiger partial charge is 0.255 e. The van der Waals surface area contributed by atoms with Crippen LogP contribution in [0.1, 0.15) is 15.9 Å². The maximum atomic E-state index is 13.1. The van der Waals surface area contributed by atoms with Gasteiger partial charge in [0.25, 0.3) is 5.91 Å². The molecule has 2 aromatic carbocycles. The van der Waals surface area contributed by atoms with Gasteiger partial charge in [0.2, 0.25) is 0 Å². The van der Waals surface area contributed by atoms with E-state index in [-0.39, 0.29) is 16.5 Å². The Hall–Kier alpha value is -2.66. The number of hydrogen-bond acceptors (Lipinski definition) is 2. The van der Waals surface area contributed by atoms with Gasteiger partial charge < -0.3 is 4.90 Å². The van der Waals surface area contributed by atoms with Crippen LogP contribution >= 0.6 is 11.6 Å². The first kappa shape index (κ1) is 16.2. The van der Waals surface area contributed by atoms with Crippen molar-refractivity contribution in [1.29, 1.82) is 0 Å². The van der Waals surface area contributed by atoms with Crippen LogP contribution in [0.4, 0.5) is 4.39 Å². The number of para-hydroxylation sites is 1. The van der Waals surface area contributed by atoms with Gasteiger partial charge in [-0.25, -0.2) is 9.07 Å². The van der Waals surface area contributed by atoms with Crippen molar-refractivity contribution < 1.29 is 9.18 Å². The average Bonchev–Trinajstić information content (AvgIpc) is 3.03. The van der Waals surface area contributed by atoms with Crippen LogP contribution in [0.2, 0.25) is 5.02 Å². The molecule has 4 nitrogen and oxygen atoms in total. The number of aromatic nitrogens is 2. The fourth-order valence-corrected chi connectivity index (χ4v) is 2.63. The third-order valence-electron chi connectivity index (χ3n) is 3.58. The number of benzene rings is 2. The number of nitrogens with zero attached hydrogens (tertiary/aromatic N) is 3. The quantitative estimate of drug-likeness (QED) is 0.719. The molecule has 122 valence electrons. The highest BCUT2D eigenvalue weighted by molar-refractivity contribution is 6.33. The molecule has 0 fully saturated rings. The zero-order chi connectivity index (χ0) is 17.1. The van der Waals surface area contributed by atoms with Gasteiger partial charge in [0.05, 0.1) is 22.5 Å². The van der Waals surface area contributed by atoms with Gasteiger partial charge in [0, 0.05) is 25.4 Å². The molecule has 0 spiro atoms. The number of hydrogen-bond donors (Lipinski definition) is 0. The lowest BCUT2D eigenvalue weighted by molar-refractivity contribution is 0.0785. The molecule has 0 saturated heterocycles. The van der Waals surface area contributed by atoms with E-state index in [2.05, 4.69) is 5.10 Å². The normalized spacial score (nSPS) is 10.6. The van der Waals surface area contributed by atoms with Crippen molar-refractivity contribution in [3.8, 4) is 5.69 Å². The Kier molecular flexibility index (Phi) is 4.62. The van der Waals surface area contributed by atoms with E-state index in [0.717, 1.165) is 17.3 Å². The van der Waals surface area contributed by atoms with Crippen LogP contribution in [0, 0.1) is 5.82 Å². The van der Waals surface area contributed by atoms with Crippen molar-refractivity contribution in [3.05, 3.63) is 82.9 Å². The SMILES string of the molecule is CN(Cc1cnn(-c2ccccc2)c1)C(=O)c1ccc(F)cc1Cl. The number of halogens is 2. The van der Waals surface area contributed by atoms with Gasteiger partial charge in [-0.15, -0.1) is 0 Å². The fraction of sp³-hybridized carbons (Fsp3) is 0.111. The highest BCUT2D eigenvalue weighted by Gasteiger charge is 2.16. The molecule has 0 aliphatic rings. The topological polar surface area (TPSA) is 38.1 Å². The molecule has 0 aliphatic carbocycles. The molecule has 1 amide bonds. The lowest BCUT2D eigenvalue weighted by Gasteiger charge is -2.17. The second-order valence-corrected chi connectivity index (χ2v) is 5.82. The minimum absolute atomic E-state index is 0.104. The van der Waals surface area contributed by atoms with E-state index in [1.165, 1.54) is 17.0 Å². The van der Waals surface area contributed by atoms with Crippen molar-refractivity contribution >= 4 is 17.5 Å². The minimum atomic E-state index is -0.469. The van der Waals surface area contributed by atoms with E-state index in [1.54, 1.807) is 17.9 Å². The first-order chi connectivity index (χ1) is 11.5. The number of carbonyl (C=O) groups excluding carboxylic acids is 1. The van der Waals surface area contributed by atoms with Gasteiger partial charge in [-0.1, -0.05) is 29.8 Å². The summed E-state index contributed by atoms with van der Waals surface area (Å²) in [4.78, 5) is 14.0. The minimum Gasteiger partial charge on any atom is -0.337 e. The molecule has 0 N–H and O–H groups in total. The number of rotatable bonds is 4. The third kappa shape index (κ3) is 3.46. The van der Waals surface area contributed by atoms with Crippen LogP contribution in [0.15, 0.2) is 60.9 Å². The van der Waals surface area contributed by atoms with E-state index in [9.17, 15) is 9.18 Å². The highest BCUT2D eigenvalue weighted by Crippen LogP contribution is 2.19. The summed E-state index contributed by atoms with van der Waals surface area (Å²) in [6.07, 6.45) is 3.58. The number of amides is 1. The third-order valence-corrected chi connectivity index (χ3v) is 3.90. The van der Waals surface area contributed by atoms with Crippen LogP contribution in [0.5, 0.6) is 0 Å². The molecule has 0 saturated carbocycles. The summed E-state index contributed by atoms with van der Waals surface area (Å²) in [5.41, 5.74) is 2.10. The zero-order valence-corrected chi connectivity index (χ0v) is 13.7. The molecule has 0 aliphatic heterocycles. The van der Waals surface area contributed by atoms with E-state index >= 15 is 0 Å². The fourth-order valence-electron chi connectivity index (χ4n) is 2.38.